The molecule has 1 N–H and O–H groups in total. The Labute approximate surface area is 128 Å². The predicted molar refractivity (Wildman–Crippen MR) is 80.3 cm³/mol. The highest BCUT2D eigenvalue weighted by Crippen LogP contribution is 2.12. The Bertz CT molecular complexity index is 746. The van der Waals surface area contributed by atoms with Crippen LogP contribution in [0.4, 0.5) is 0 Å². The van der Waals surface area contributed by atoms with Crippen molar-refractivity contribution in [2.24, 2.45) is 0 Å². The van der Waals surface area contributed by atoms with E-state index in [4.69, 9.17) is 0 Å². The van der Waals surface area contributed by atoms with Crippen LogP contribution in [0.1, 0.15) is 17.9 Å². The quantitative estimate of drug-likeness (QED) is 0.776. The maximum atomic E-state index is 4.51. The normalized spacial score (nSPS) is 17.4. The molecule has 0 saturated heterocycles. The third-order valence-corrected chi connectivity index (χ3v) is 3.90. The van der Waals surface area contributed by atoms with Gasteiger partial charge in [0.25, 0.3) is 0 Å². The molecule has 4 rings (SSSR count). The second-order valence-corrected chi connectivity index (χ2v) is 5.44. The lowest BCUT2D eigenvalue weighted by molar-refractivity contribution is 0.356. The summed E-state index contributed by atoms with van der Waals surface area (Å²) in [5, 5.41) is 16.6. The number of rotatable bonds is 4. The third-order valence-electron chi connectivity index (χ3n) is 3.90. The van der Waals surface area contributed by atoms with E-state index >= 15 is 0 Å². The van der Waals surface area contributed by atoms with E-state index in [9.17, 15) is 0 Å². The van der Waals surface area contributed by atoms with Crippen molar-refractivity contribution in [1.82, 2.24) is 35.1 Å². The topological polar surface area (TPSA) is 73.5 Å². The van der Waals surface area contributed by atoms with Gasteiger partial charge in [-0.1, -0.05) is 18.2 Å². The van der Waals surface area contributed by atoms with Gasteiger partial charge in [-0.15, -0.1) is 0 Å². The van der Waals surface area contributed by atoms with Gasteiger partial charge in [0.2, 0.25) is 0 Å². The van der Waals surface area contributed by atoms with Crippen molar-refractivity contribution < 1.29 is 0 Å². The summed E-state index contributed by atoms with van der Waals surface area (Å²) in [6.07, 6.45) is 5.48. The number of para-hydroxylation sites is 1. The Balaban J connectivity index is 1.38. The van der Waals surface area contributed by atoms with Gasteiger partial charge in [0.1, 0.15) is 12.2 Å². The second kappa shape index (κ2) is 5.69. The van der Waals surface area contributed by atoms with Crippen LogP contribution >= 0.6 is 0 Å². The van der Waals surface area contributed by atoms with Gasteiger partial charge in [0, 0.05) is 19.0 Å². The molecule has 3 aromatic rings. The zero-order valence-corrected chi connectivity index (χ0v) is 12.1. The van der Waals surface area contributed by atoms with Gasteiger partial charge in [-0.2, -0.15) is 20.1 Å². The first-order chi connectivity index (χ1) is 10.9. The molecule has 0 aliphatic carbocycles. The zero-order valence-electron chi connectivity index (χ0n) is 12.1. The number of benzene rings is 1. The molecule has 2 aromatic heterocycles. The molecule has 0 saturated carbocycles. The number of nitrogens with one attached hydrogen (secondary N) is 1. The molecule has 1 aliphatic heterocycles. The lowest BCUT2D eigenvalue weighted by Crippen LogP contribution is -2.37. The van der Waals surface area contributed by atoms with Crippen molar-refractivity contribution in [3.8, 4) is 5.69 Å². The van der Waals surface area contributed by atoms with Crippen LogP contribution in [0.5, 0.6) is 0 Å². The van der Waals surface area contributed by atoms with Crippen LogP contribution in [0.25, 0.3) is 5.69 Å². The first kappa shape index (κ1) is 13.1. The molecule has 1 aromatic carbocycles. The van der Waals surface area contributed by atoms with Gasteiger partial charge in [-0.25, -0.2) is 9.67 Å². The molecule has 1 atom stereocenters. The van der Waals surface area contributed by atoms with E-state index in [0.717, 1.165) is 36.6 Å². The highest BCUT2D eigenvalue weighted by atomic mass is 15.5. The minimum Gasteiger partial charge on any atom is -0.306 e. The molecule has 0 unspecified atom stereocenters. The van der Waals surface area contributed by atoms with E-state index in [1.165, 1.54) is 0 Å². The molecular formula is C15H17N7. The molecule has 1 aliphatic rings. The Kier molecular flexibility index (Phi) is 3.40. The number of hydrogen-bond donors (Lipinski definition) is 1. The number of hydrogen-bond acceptors (Lipinski definition) is 5. The minimum atomic E-state index is 0.399. The molecule has 0 radical (unpaired) electrons. The number of aryl methyl sites for hydroxylation is 1. The van der Waals surface area contributed by atoms with Gasteiger partial charge >= 0.3 is 0 Å². The van der Waals surface area contributed by atoms with E-state index in [-0.39, 0.29) is 0 Å². The summed E-state index contributed by atoms with van der Waals surface area (Å²) in [4.78, 5) is 5.90. The lowest BCUT2D eigenvalue weighted by Gasteiger charge is -2.23. The van der Waals surface area contributed by atoms with Crippen LogP contribution in [0, 0.1) is 0 Å². The first-order valence-corrected chi connectivity index (χ1v) is 7.45. The summed E-state index contributed by atoms with van der Waals surface area (Å²) in [5.74, 6) is 1.08. The van der Waals surface area contributed by atoms with Gasteiger partial charge in [-0.3, -0.25) is 0 Å². The molecule has 0 bridgehead atoms. The monoisotopic (exact) mass is 295 g/mol. The predicted octanol–water partition coefficient (Wildman–Crippen LogP) is 0.963. The van der Waals surface area contributed by atoms with Gasteiger partial charge in [-0.05, 0) is 18.6 Å². The highest BCUT2D eigenvalue weighted by Gasteiger charge is 2.19. The number of aromatic nitrogens is 6. The summed E-state index contributed by atoms with van der Waals surface area (Å²) in [6, 6.07) is 10.3. The fourth-order valence-corrected chi connectivity index (χ4v) is 2.71. The summed E-state index contributed by atoms with van der Waals surface area (Å²) in [6.45, 7) is 1.57. The molecule has 3 heterocycles. The van der Waals surface area contributed by atoms with E-state index in [0.29, 0.717) is 12.6 Å². The van der Waals surface area contributed by atoms with Crippen LogP contribution in [-0.2, 0) is 19.5 Å². The molecule has 112 valence electrons. The Morgan fingerprint density at radius 1 is 1.18 bits per heavy atom. The summed E-state index contributed by atoms with van der Waals surface area (Å²) in [7, 11) is 0. The van der Waals surface area contributed by atoms with Crippen molar-refractivity contribution in [3.05, 3.63) is 54.4 Å². The van der Waals surface area contributed by atoms with Crippen molar-refractivity contribution in [1.29, 1.82) is 0 Å². The largest absolute Gasteiger partial charge is 0.306 e. The average Bonchev–Trinajstić information content (AvgIpc) is 3.22. The Hall–Kier alpha value is -2.54. The smallest absolute Gasteiger partial charge is 0.138 e. The first-order valence-electron chi connectivity index (χ1n) is 7.45. The van der Waals surface area contributed by atoms with E-state index in [1.807, 2.05) is 41.2 Å². The van der Waals surface area contributed by atoms with Crippen molar-refractivity contribution in [3.63, 3.8) is 0 Å². The zero-order chi connectivity index (χ0) is 14.8. The minimum absolute atomic E-state index is 0.399. The molecule has 0 fully saturated rings. The molecule has 22 heavy (non-hydrogen) atoms. The third kappa shape index (κ3) is 2.62. The summed E-state index contributed by atoms with van der Waals surface area (Å²) >= 11 is 0. The maximum Gasteiger partial charge on any atom is 0.138 e. The molecule has 7 heteroatoms. The van der Waals surface area contributed by atoms with Crippen LogP contribution in [0.3, 0.4) is 0 Å². The number of fused-ring (bicyclic) bond motifs is 1. The van der Waals surface area contributed by atoms with Crippen molar-refractivity contribution >= 4 is 0 Å². The van der Waals surface area contributed by atoms with E-state index in [1.54, 1.807) is 11.1 Å². The van der Waals surface area contributed by atoms with Crippen LogP contribution in [0.15, 0.2) is 42.9 Å². The molecule has 0 spiro atoms. The average molecular weight is 295 g/mol. The van der Waals surface area contributed by atoms with Crippen LogP contribution in [-0.4, -0.2) is 35.8 Å². The fourth-order valence-electron chi connectivity index (χ4n) is 2.71. The van der Waals surface area contributed by atoms with Gasteiger partial charge < -0.3 is 5.32 Å². The molecule has 0 amide bonds. The van der Waals surface area contributed by atoms with Crippen LogP contribution < -0.4 is 5.32 Å². The summed E-state index contributed by atoms with van der Waals surface area (Å²) in [5.41, 5.74) is 1.91. The maximum absolute atomic E-state index is 4.51. The lowest BCUT2D eigenvalue weighted by atomic mass is 10.1. The molecule has 7 nitrogen and oxygen atoms in total. The van der Waals surface area contributed by atoms with Gasteiger partial charge in [0.15, 0.2) is 0 Å². The molecular weight excluding hydrogens is 278 g/mol. The standard InChI is InChI=1S/C15H17N7/c1-2-4-14(5-3-1)22-18-9-13(20-22)8-16-12-6-7-15-17-11-19-21(15)10-12/h1-5,9,11-12,16H,6-8,10H2/t12-/m0/s1. The fraction of sp³-hybridized carbons (Fsp3) is 0.333. The van der Waals surface area contributed by atoms with E-state index < -0.39 is 0 Å². The van der Waals surface area contributed by atoms with Crippen molar-refractivity contribution in [2.45, 2.75) is 32.0 Å². The second-order valence-electron chi connectivity index (χ2n) is 5.44. The SMILES string of the molecule is c1ccc(-n2ncc(CN[C@H]3CCc4ncnn4C3)n2)cc1. The van der Waals surface area contributed by atoms with Crippen molar-refractivity contribution in [2.75, 3.05) is 0 Å². The van der Waals surface area contributed by atoms with Gasteiger partial charge in [0.05, 0.1) is 24.1 Å². The number of nitrogens with zero attached hydrogens (tertiary/aromatic N) is 6. The van der Waals surface area contributed by atoms with Crippen LogP contribution in [0.2, 0.25) is 0 Å². The van der Waals surface area contributed by atoms with E-state index in [2.05, 4.69) is 25.6 Å². The Morgan fingerprint density at radius 2 is 2.09 bits per heavy atom. The highest BCUT2D eigenvalue weighted by molar-refractivity contribution is 5.28. The Morgan fingerprint density at radius 3 is 3.00 bits per heavy atom. The summed E-state index contributed by atoms with van der Waals surface area (Å²) < 4.78 is 1.97.